The molecule has 2 aromatic carbocycles. The number of esters is 1. The lowest BCUT2D eigenvalue weighted by Crippen LogP contribution is -2.49. The minimum Gasteiger partial charge on any atom is -0.467 e. The van der Waals surface area contributed by atoms with E-state index < -0.39 is 35.7 Å². The zero-order valence-electron chi connectivity index (χ0n) is 20.1. The molecule has 0 saturated heterocycles. The second-order valence-corrected chi connectivity index (χ2v) is 8.64. The van der Waals surface area contributed by atoms with E-state index in [1.54, 1.807) is 62.4 Å². The summed E-state index contributed by atoms with van der Waals surface area (Å²) in [6.07, 6.45) is 2.89. The lowest BCUT2D eigenvalue weighted by Gasteiger charge is -2.27. The number of hydrogen-bond acceptors (Lipinski definition) is 7. The maximum atomic E-state index is 13.1. The maximum Gasteiger partial charge on any atom is 0.335 e. The molecule has 0 bridgehead atoms. The zero-order chi connectivity index (χ0) is 26.5. The van der Waals surface area contributed by atoms with E-state index in [4.69, 9.17) is 9.15 Å². The summed E-state index contributed by atoms with van der Waals surface area (Å²) in [5.41, 5.74) is 0.930. The lowest BCUT2D eigenvalue weighted by atomic mass is 10.0. The van der Waals surface area contributed by atoms with Gasteiger partial charge < -0.3 is 14.5 Å². The molecule has 37 heavy (non-hydrogen) atoms. The molecule has 1 atom stereocenters. The number of nitrogens with zero attached hydrogens (tertiary/aromatic N) is 2. The monoisotopic (exact) mass is 497 g/mol. The molecule has 2 heterocycles. The first kappa shape index (κ1) is 25.1. The van der Waals surface area contributed by atoms with Gasteiger partial charge in [-0.3, -0.25) is 19.3 Å². The van der Waals surface area contributed by atoms with E-state index in [0.717, 1.165) is 4.90 Å². The van der Waals surface area contributed by atoms with Crippen molar-refractivity contribution in [3.8, 4) is 11.8 Å². The quantitative estimate of drug-likeness (QED) is 0.165. The first-order valence-electron chi connectivity index (χ1n) is 11.5. The van der Waals surface area contributed by atoms with E-state index in [0.29, 0.717) is 11.3 Å². The Morgan fingerprint density at radius 3 is 2.22 bits per heavy atom. The van der Waals surface area contributed by atoms with Gasteiger partial charge in [-0.05, 0) is 54.0 Å². The van der Waals surface area contributed by atoms with Crippen LogP contribution in [0.25, 0.3) is 6.08 Å². The number of nitrogens with one attached hydrogen (secondary N) is 1. The van der Waals surface area contributed by atoms with Crippen LogP contribution < -0.4 is 10.1 Å². The number of hydrogen-bond donors (Lipinski definition) is 1. The molecule has 1 N–H and O–H groups in total. The van der Waals surface area contributed by atoms with Crippen LogP contribution in [0.15, 0.2) is 76.9 Å². The van der Waals surface area contributed by atoms with Crippen molar-refractivity contribution < 1.29 is 28.3 Å². The van der Waals surface area contributed by atoms with Crippen molar-refractivity contribution in [1.29, 1.82) is 5.26 Å². The second kappa shape index (κ2) is 10.7. The fourth-order valence-electron chi connectivity index (χ4n) is 3.94. The van der Waals surface area contributed by atoms with Crippen LogP contribution in [0.5, 0.6) is 5.75 Å². The van der Waals surface area contributed by atoms with Gasteiger partial charge >= 0.3 is 5.97 Å². The van der Waals surface area contributed by atoms with Crippen LogP contribution >= 0.6 is 0 Å². The Balaban J connectivity index is 1.45. The number of benzene rings is 2. The first-order chi connectivity index (χ1) is 17.8. The third-order valence-corrected chi connectivity index (χ3v) is 5.75. The van der Waals surface area contributed by atoms with Crippen LogP contribution in [0.4, 0.5) is 0 Å². The summed E-state index contributed by atoms with van der Waals surface area (Å²) in [5, 5.41) is 12.0. The van der Waals surface area contributed by atoms with E-state index in [2.05, 4.69) is 5.32 Å². The van der Waals surface area contributed by atoms with Gasteiger partial charge in [0.05, 0.1) is 23.9 Å². The van der Waals surface area contributed by atoms with Gasteiger partial charge in [0.15, 0.2) is 0 Å². The molecule has 0 fully saturated rings. The summed E-state index contributed by atoms with van der Waals surface area (Å²) in [5.74, 6) is -2.03. The van der Waals surface area contributed by atoms with Gasteiger partial charge in [-0.15, -0.1) is 0 Å². The summed E-state index contributed by atoms with van der Waals surface area (Å²) in [4.78, 5) is 52.1. The number of furan rings is 1. The molecular formula is C28H23N3O6. The summed E-state index contributed by atoms with van der Waals surface area (Å²) < 4.78 is 10.7. The maximum absolute atomic E-state index is 13.1. The molecule has 1 aromatic heterocycles. The van der Waals surface area contributed by atoms with Crippen molar-refractivity contribution >= 4 is 29.8 Å². The highest BCUT2D eigenvalue weighted by molar-refractivity contribution is 6.22. The van der Waals surface area contributed by atoms with Gasteiger partial charge in [0.1, 0.15) is 29.2 Å². The number of carbonyl (C=O) groups is 4. The highest BCUT2D eigenvalue weighted by Gasteiger charge is 2.44. The van der Waals surface area contributed by atoms with Gasteiger partial charge in [0, 0.05) is 0 Å². The SMILES string of the molecule is CC(C)C(C(=O)Oc1ccc(/C=C(\C#N)C(=O)NCc2ccco2)cc1)N1C(=O)c2ccccc2C1=O. The summed E-state index contributed by atoms with van der Waals surface area (Å²) >= 11 is 0. The first-order valence-corrected chi connectivity index (χ1v) is 11.5. The highest BCUT2D eigenvalue weighted by Crippen LogP contribution is 2.28. The van der Waals surface area contributed by atoms with Gasteiger partial charge in [0.2, 0.25) is 0 Å². The summed E-state index contributed by atoms with van der Waals surface area (Å²) in [6, 6.07) is 16.7. The molecule has 4 rings (SSSR count). The minimum absolute atomic E-state index is 0.109. The molecule has 0 spiro atoms. The fourth-order valence-corrected chi connectivity index (χ4v) is 3.94. The van der Waals surface area contributed by atoms with Crippen molar-refractivity contribution in [3.63, 3.8) is 0 Å². The average Bonchev–Trinajstić information content (AvgIpc) is 3.50. The van der Waals surface area contributed by atoms with Gasteiger partial charge in [-0.25, -0.2) is 4.79 Å². The van der Waals surface area contributed by atoms with Crippen LogP contribution in [0.3, 0.4) is 0 Å². The molecular weight excluding hydrogens is 474 g/mol. The molecule has 1 aliphatic heterocycles. The Bertz CT molecular complexity index is 1380. The molecule has 1 aliphatic rings. The molecule has 3 aromatic rings. The van der Waals surface area contributed by atoms with Gasteiger partial charge in [-0.1, -0.05) is 38.1 Å². The summed E-state index contributed by atoms with van der Waals surface area (Å²) in [7, 11) is 0. The zero-order valence-corrected chi connectivity index (χ0v) is 20.1. The van der Waals surface area contributed by atoms with Crippen molar-refractivity contribution in [3.05, 3.63) is 95.0 Å². The third-order valence-electron chi connectivity index (χ3n) is 5.75. The Morgan fingerprint density at radius 1 is 1.03 bits per heavy atom. The van der Waals surface area contributed by atoms with Crippen molar-refractivity contribution in [2.75, 3.05) is 0 Å². The van der Waals surface area contributed by atoms with Crippen LogP contribution in [-0.4, -0.2) is 34.6 Å². The largest absolute Gasteiger partial charge is 0.467 e. The topological polar surface area (TPSA) is 130 Å². The van der Waals surface area contributed by atoms with Crippen LogP contribution in [0, 0.1) is 17.2 Å². The highest BCUT2D eigenvalue weighted by atomic mass is 16.5. The van der Waals surface area contributed by atoms with Crippen LogP contribution in [0.1, 0.15) is 45.9 Å². The fraction of sp³-hybridized carbons (Fsp3) is 0.179. The molecule has 9 nitrogen and oxygen atoms in total. The Labute approximate surface area is 212 Å². The smallest absolute Gasteiger partial charge is 0.335 e. The third kappa shape index (κ3) is 5.33. The molecule has 9 heteroatoms. The number of nitriles is 1. The van der Waals surface area contributed by atoms with Crippen LogP contribution in [-0.2, 0) is 16.1 Å². The standard InChI is InChI=1S/C28H23N3O6/c1-17(2)24(31-26(33)22-7-3-4-8-23(22)27(31)34)28(35)37-20-11-9-18(10-12-20)14-19(15-29)25(32)30-16-21-6-5-13-36-21/h3-14,17,24H,16H2,1-2H3,(H,30,32)/b19-14+. The number of fused-ring (bicyclic) bond motifs is 1. The predicted octanol–water partition coefficient (Wildman–Crippen LogP) is 3.73. The van der Waals surface area contributed by atoms with Crippen LogP contribution in [0.2, 0.25) is 0 Å². The van der Waals surface area contributed by atoms with E-state index in [1.165, 1.54) is 24.5 Å². The average molecular weight is 498 g/mol. The number of carbonyl (C=O) groups excluding carboxylic acids is 4. The summed E-state index contributed by atoms with van der Waals surface area (Å²) in [6.45, 7) is 3.59. The molecule has 186 valence electrons. The molecule has 3 amide bonds. The van der Waals surface area contributed by atoms with Gasteiger partial charge in [-0.2, -0.15) is 5.26 Å². The van der Waals surface area contributed by atoms with E-state index in [9.17, 15) is 24.4 Å². The minimum atomic E-state index is -1.12. The number of amides is 3. The Kier molecular flexibility index (Phi) is 7.30. The van der Waals surface area contributed by atoms with E-state index in [-0.39, 0.29) is 29.0 Å². The molecule has 1 unspecified atom stereocenters. The number of rotatable bonds is 8. The van der Waals surface area contributed by atoms with Crippen molar-refractivity contribution in [2.45, 2.75) is 26.4 Å². The Morgan fingerprint density at radius 2 is 1.68 bits per heavy atom. The molecule has 0 saturated carbocycles. The molecule has 0 aliphatic carbocycles. The van der Waals surface area contributed by atoms with E-state index in [1.807, 2.05) is 6.07 Å². The lowest BCUT2D eigenvalue weighted by molar-refractivity contribution is -0.140. The van der Waals surface area contributed by atoms with Gasteiger partial charge in [0.25, 0.3) is 17.7 Å². The van der Waals surface area contributed by atoms with Crippen molar-refractivity contribution in [1.82, 2.24) is 10.2 Å². The number of ether oxygens (including phenoxy) is 1. The van der Waals surface area contributed by atoms with Crippen molar-refractivity contribution in [2.24, 2.45) is 5.92 Å². The molecule has 0 radical (unpaired) electrons. The second-order valence-electron chi connectivity index (χ2n) is 8.64. The van der Waals surface area contributed by atoms with E-state index >= 15 is 0 Å². The normalized spacial score (nSPS) is 13.8. The Hall–Kier alpha value is -4.97. The number of imide groups is 1. The predicted molar refractivity (Wildman–Crippen MR) is 132 cm³/mol.